The van der Waals surface area contributed by atoms with Crippen molar-refractivity contribution >= 4 is 44.7 Å². The number of carbonyl (C=O) groups is 2. The van der Waals surface area contributed by atoms with E-state index in [-0.39, 0.29) is 17.7 Å². The Balaban J connectivity index is 1.40. The lowest BCUT2D eigenvalue weighted by atomic mass is 10.0. The number of thiazole rings is 1. The highest BCUT2D eigenvalue weighted by molar-refractivity contribution is 7.21. The predicted molar refractivity (Wildman–Crippen MR) is 137 cm³/mol. The SMILES string of the molecule is CCC(CC)C(=O)Nc1ccc(C(=O)Nc2ccc(-c3nc4ccc(C)cc4s3)cc2)cc1. The molecule has 0 aliphatic carbocycles. The minimum Gasteiger partial charge on any atom is -0.326 e. The summed E-state index contributed by atoms with van der Waals surface area (Å²) in [4.78, 5) is 29.6. The number of aromatic nitrogens is 1. The fraction of sp³-hybridized carbons (Fsp3) is 0.222. The lowest BCUT2D eigenvalue weighted by Gasteiger charge is -2.13. The summed E-state index contributed by atoms with van der Waals surface area (Å²) in [5, 5.41) is 6.80. The Morgan fingerprint density at radius 2 is 1.52 bits per heavy atom. The van der Waals surface area contributed by atoms with Crippen LogP contribution in [0.3, 0.4) is 0 Å². The summed E-state index contributed by atoms with van der Waals surface area (Å²) < 4.78 is 1.17. The summed E-state index contributed by atoms with van der Waals surface area (Å²) in [7, 11) is 0. The van der Waals surface area contributed by atoms with Crippen LogP contribution in [-0.4, -0.2) is 16.8 Å². The summed E-state index contributed by atoms with van der Waals surface area (Å²) in [5.41, 5.74) is 5.17. The Morgan fingerprint density at radius 1 is 0.879 bits per heavy atom. The molecule has 0 atom stereocenters. The van der Waals surface area contributed by atoms with Crippen LogP contribution >= 0.6 is 11.3 Å². The number of nitrogens with zero attached hydrogens (tertiary/aromatic N) is 1. The Kier molecular flexibility index (Phi) is 6.84. The van der Waals surface area contributed by atoms with Crippen LogP contribution < -0.4 is 10.6 Å². The number of benzene rings is 3. The molecule has 0 unspecified atom stereocenters. The van der Waals surface area contributed by atoms with E-state index < -0.39 is 0 Å². The summed E-state index contributed by atoms with van der Waals surface area (Å²) in [6.07, 6.45) is 1.61. The van der Waals surface area contributed by atoms with Gasteiger partial charge in [0.2, 0.25) is 5.91 Å². The third kappa shape index (κ3) is 5.29. The van der Waals surface area contributed by atoms with Crippen molar-refractivity contribution in [3.8, 4) is 10.6 Å². The van der Waals surface area contributed by atoms with E-state index in [9.17, 15) is 9.59 Å². The van der Waals surface area contributed by atoms with Crippen molar-refractivity contribution in [1.29, 1.82) is 0 Å². The molecule has 0 radical (unpaired) electrons. The molecule has 33 heavy (non-hydrogen) atoms. The second-order valence-electron chi connectivity index (χ2n) is 8.10. The number of aryl methyl sites for hydroxylation is 1. The molecule has 4 aromatic rings. The molecule has 5 nitrogen and oxygen atoms in total. The van der Waals surface area contributed by atoms with Gasteiger partial charge in [0.1, 0.15) is 5.01 Å². The second-order valence-corrected chi connectivity index (χ2v) is 9.13. The van der Waals surface area contributed by atoms with Gasteiger partial charge < -0.3 is 10.6 Å². The number of hydrogen-bond donors (Lipinski definition) is 2. The van der Waals surface area contributed by atoms with Gasteiger partial charge in [-0.1, -0.05) is 19.9 Å². The van der Waals surface area contributed by atoms with Gasteiger partial charge in [-0.2, -0.15) is 0 Å². The number of anilines is 2. The van der Waals surface area contributed by atoms with Crippen LogP contribution in [0.2, 0.25) is 0 Å². The summed E-state index contributed by atoms with van der Waals surface area (Å²) >= 11 is 1.66. The predicted octanol–water partition coefficient (Wildman–Crippen LogP) is 6.90. The maximum Gasteiger partial charge on any atom is 0.255 e. The van der Waals surface area contributed by atoms with Gasteiger partial charge in [-0.05, 0) is 86.0 Å². The van der Waals surface area contributed by atoms with E-state index in [1.165, 1.54) is 10.3 Å². The van der Waals surface area contributed by atoms with Gasteiger partial charge in [0.15, 0.2) is 0 Å². The molecular formula is C27H27N3O2S. The molecular weight excluding hydrogens is 430 g/mol. The molecule has 0 aliphatic rings. The zero-order valence-electron chi connectivity index (χ0n) is 19.0. The molecule has 0 fully saturated rings. The van der Waals surface area contributed by atoms with Crippen LogP contribution in [0.25, 0.3) is 20.8 Å². The van der Waals surface area contributed by atoms with Gasteiger partial charge >= 0.3 is 0 Å². The Bertz CT molecular complexity index is 1270. The summed E-state index contributed by atoms with van der Waals surface area (Å²) in [6, 6.07) is 20.9. The van der Waals surface area contributed by atoms with Crippen molar-refractivity contribution in [2.45, 2.75) is 33.6 Å². The monoisotopic (exact) mass is 457 g/mol. The number of fused-ring (bicyclic) bond motifs is 1. The van der Waals surface area contributed by atoms with Crippen molar-refractivity contribution in [1.82, 2.24) is 4.98 Å². The normalized spacial score (nSPS) is 11.0. The fourth-order valence-electron chi connectivity index (χ4n) is 3.66. The first kappa shape index (κ1) is 22.7. The highest BCUT2D eigenvalue weighted by Gasteiger charge is 2.14. The minimum atomic E-state index is -0.198. The van der Waals surface area contributed by atoms with E-state index in [4.69, 9.17) is 4.98 Å². The van der Waals surface area contributed by atoms with E-state index in [2.05, 4.69) is 29.7 Å². The molecule has 0 saturated carbocycles. The molecule has 6 heteroatoms. The van der Waals surface area contributed by atoms with Crippen LogP contribution in [0.4, 0.5) is 11.4 Å². The molecule has 0 aliphatic heterocycles. The molecule has 1 aromatic heterocycles. The average molecular weight is 458 g/mol. The van der Waals surface area contributed by atoms with E-state index in [1.54, 1.807) is 35.6 Å². The van der Waals surface area contributed by atoms with E-state index in [1.807, 2.05) is 44.2 Å². The molecule has 2 amide bonds. The summed E-state index contributed by atoms with van der Waals surface area (Å²) in [6.45, 7) is 6.09. The maximum atomic E-state index is 12.6. The third-order valence-electron chi connectivity index (χ3n) is 5.70. The molecule has 1 heterocycles. The second kappa shape index (κ2) is 9.96. The maximum absolute atomic E-state index is 12.6. The number of carbonyl (C=O) groups excluding carboxylic acids is 2. The van der Waals surface area contributed by atoms with Crippen molar-refractivity contribution in [2.24, 2.45) is 5.92 Å². The lowest BCUT2D eigenvalue weighted by molar-refractivity contribution is -0.120. The van der Waals surface area contributed by atoms with Gasteiger partial charge in [-0.15, -0.1) is 11.3 Å². The fourth-order valence-corrected chi connectivity index (χ4v) is 4.73. The molecule has 4 rings (SSSR count). The van der Waals surface area contributed by atoms with Crippen LogP contribution in [0.5, 0.6) is 0 Å². The molecule has 168 valence electrons. The largest absolute Gasteiger partial charge is 0.326 e. The Morgan fingerprint density at radius 3 is 2.18 bits per heavy atom. The first-order valence-corrected chi connectivity index (χ1v) is 12.0. The quantitative estimate of drug-likeness (QED) is 0.317. The van der Waals surface area contributed by atoms with E-state index >= 15 is 0 Å². The van der Waals surface area contributed by atoms with E-state index in [0.29, 0.717) is 16.9 Å². The van der Waals surface area contributed by atoms with Crippen molar-refractivity contribution in [3.05, 3.63) is 77.9 Å². The van der Waals surface area contributed by atoms with Crippen LogP contribution in [-0.2, 0) is 4.79 Å². The molecule has 0 spiro atoms. The molecule has 0 bridgehead atoms. The molecule has 0 saturated heterocycles. The smallest absolute Gasteiger partial charge is 0.255 e. The first-order chi connectivity index (χ1) is 16.0. The number of nitrogens with one attached hydrogen (secondary N) is 2. The topological polar surface area (TPSA) is 71.1 Å². The number of rotatable bonds is 7. The standard InChI is InChI=1S/C27H27N3O2S/c1-4-18(5-2)25(31)28-21-11-7-19(8-12-21)26(32)29-22-13-9-20(10-14-22)27-30-23-15-6-17(3)16-24(23)33-27/h6-16,18H,4-5H2,1-3H3,(H,28,31)(H,29,32). The minimum absolute atomic E-state index is 0.00262. The van der Waals surface area contributed by atoms with Gasteiger partial charge in [-0.25, -0.2) is 4.98 Å². The van der Waals surface area contributed by atoms with Gasteiger partial charge in [0, 0.05) is 28.4 Å². The zero-order valence-corrected chi connectivity index (χ0v) is 19.8. The van der Waals surface area contributed by atoms with Crippen molar-refractivity contribution in [2.75, 3.05) is 10.6 Å². The zero-order chi connectivity index (χ0) is 23.4. The highest BCUT2D eigenvalue weighted by Crippen LogP contribution is 2.31. The van der Waals surface area contributed by atoms with Crippen LogP contribution in [0, 0.1) is 12.8 Å². The average Bonchev–Trinajstić information content (AvgIpc) is 3.24. The van der Waals surface area contributed by atoms with Gasteiger partial charge in [-0.3, -0.25) is 9.59 Å². The van der Waals surface area contributed by atoms with Gasteiger partial charge in [0.05, 0.1) is 10.2 Å². The van der Waals surface area contributed by atoms with Crippen molar-refractivity contribution in [3.63, 3.8) is 0 Å². The molecule has 2 N–H and O–H groups in total. The lowest BCUT2D eigenvalue weighted by Crippen LogP contribution is -2.21. The van der Waals surface area contributed by atoms with E-state index in [0.717, 1.165) is 28.9 Å². The van der Waals surface area contributed by atoms with Crippen LogP contribution in [0.1, 0.15) is 42.6 Å². The Hall–Kier alpha value is -3.51. The summed E-state index contributed by atoms with van der Waals surface area (Å²) in [5.74, 6) is -0.181. The Labute approximate surface area is 197 Å². The van der Waals surface area contributed by atoms with Gasteiger partial charge in [0.25, 0.3) is 5.91 Å². The van der Waals surface area contributed by atoms with Crippen molar-refractivity contribution < 1.29 is 9.59 Å². The first-order valence-electron chi connectivity index (χ1n) is 11.2. The molecule has 3 aromatic carbocycles. The number of hydrogen-bond acceptors (Lipinski definition) is 4. The third-order valence-corrected chi connectivity index (χ3v) is 6.77. The highest BCUT2D eigenvalue weighted by atomic mass is 32.1. The number of amides is 2. The van der Waals surface area contributed by atoms with Crippen LogP contribution in [0.15, 0.2) is 66.7 Å².